The van der Waals surface area contributed by atoms with Gasteiger partial charge in [-0.05, 0) is 42.1 Å². The van der Waals surface area contributed by atoms with Gasteiger partial charge in [0.2, 0.25) is 0 Å². The maximum atomic E-state index is 14.1. The summed E-state index contributed by atoms with van der Waals surface area (Å²) in [6.07, 6.45) is 1.10. The lowest BCUT2D eigenvalue weighted by Crippen LogP contribution is -2.54. The molecule has 1 heterocycles. The van der Waals surface area contributed by atoms with Crippen molar-refractivity contribution in [2.45, 2.75) is 0 Å². The molecule has 1 aliphatic heterocycles. The van der Waals surface area contributed by atoms with E-state index in [1.165, 1.54) is 24.3 Å². The monoisotopic (exact) mass is 387 g/mol. The van der Waals surface area contributed by atoms with Gasteiger partial charge in [-0.25, -0.2) is 9.29 Å². The third-order valence-electron chi connectivity index (χ3n) is 3.70. The second kappa shape index (κ2) is 6.92. The van der Waals surface area contributed by atoms with Crippen LogP contribution >= 0.6 is 12.2 Å². The highest BCUT2D eigenvalue weighted by atomic mass is 32.1. The Labute approximate surface area is 156 Å². The van der Waals surface area contributed by atoms with Gasteiger partial charge in [-0.3, -0.25) is 25.0 Å². The van der Waals surface area contributed by atoms with E-state index in [-0.39, 0.29) is 16.4 Å². The highest BCUT2D eigenvalue weighted by Crippen LogP contribution is 2.29. The summed E-state index contributed by atoms with van der Waals surface area (Å²) in [5.41, 5.74) is -1.00. The van der Waals surface area contributed by atoms with Crippen molar-refractivity contribution in [3.8, 4) is 5.75 Å². The van der Waals surface area contributed by atoms with E-state index in [2.05, 4.69) is 5.32 Å². The number of rotatable bonds is 3. The number of nitrogens with one attached hydrogen (secondary N) is 1. The molecular formula is C17H10FN3O5S. The highest BCUT2D eigenvalue weighted by molar-refractivity contribution is 7.80. The molecule has 0 atom stereocenters. The predicted molar refractivity (Wildman–Crippen MR) is 97.4 cm³/mol. The van der Waals surface area contributed by atoms with Crippen LogP contribution < -0.4 is 10.2 Å². The Morgan fingerprint density at radius 3 is 2.59 bits per heavy atom. The van der Waals surface area contributed by atoms with Crippen LogP contribution in [0.3, 0.4) is 0 Å². The van der Waals surface area contributed by atoms with Crippen LogP contribution in [0, 0.1) is 15.9 Å². The standard InChI is InChI=1S/C17H10FN3O5S/c18-11-3-1-2-4-12(11)20-16(24)10(15(23)19-17(20)27)7-9-5-6-14(22)13(8-9)21(25)26/h1-8,22H,(H,19,23,27)/b10-7+. The average molecular weight is 387 g/mol. The summed E-state index contributed by atoms with van der Waals surface area (Å²) in [4.78, 5) is 35.9. The van der Waals surface area contributed by atoms with E-state index >= 15 is 0 Å². The zero-order valence-corrected chi connectivity index (χ0v) is 14.2. The lowest BCUT2D eigenvalue weighted by Gasteiger charge is -2.29. The van der Waals surface area contributed by atoms with Crippen LogP contribution in [0.2, 0.25) is 0 Å². The minimum atomic E-state index is -0.885. The normalized spacial score (nSPS) is 15.8. The minimum absolute atomic E-state index is 0.124. The summed E-state index contributed by atoms with van der Waals surface area (Å²) in [5, 5.41) is 22.4. The van der Waals surface area contributed by atoms with Crippen molar-refractivity contribution in [2.24, 2.45) is 0 Å². The molecule has 2 aromatic carbocycles. The molecule has 1 saturated heterocycles. The zero-order valence-electron chi connectivity index (χ0n) is 13.4. The summed E-state index contributed by atoms with van der Waals surface area (Å²) in [5.74, 6) is -2.99. The molecule has 0 saturated carbocycles. The third-order valence-corrected chi connectivity index (χ3v) is 3.99. The van der Waals surface area contributed by atoms with Gasteiger partial charge in [-0.15, -0.1) is 0 Å². The van der Waals surface area contributed by atoms with Crippen LogP contribution in [0.1, 0.15) is 5.56 Å². The van der Waals surface area contributed by atoms with Gasteiger partial charge in [0.15, 0.2) is 10.9 Å². The number of amides is 2. The van der Waals surface area contributed by atoms with Crippen molar-refractivity contribution in [1.82, 2.24) is 5.32 Å². The van der Waals surface area contributed by atoms with E-state index < -0.39 is 39.6 Å². The van der Waals surface area contributed by atoms with Crippen molar-refractivity contribution in [3.63, 3.8) is 0 Å². The number of halogens is 1. The van der Waals surface area contributed by atoms with Crippen molar-refractivity contribution in [1.29, 1.82) is 0 Å². The number of phenols is 1. The number of benzene rings is 2. The number of phenolic OH excluding ortho intramolecular Hbond substituents is 1. The number of para-hydroxylation sites is 1. The van der Waals surface area contributed by atoms with E-state index in [1.54, 1.807) is 0 Å². The van der Waals surface area contributed by atoms with E-state index in [0.717, 1.165) is 29.2 Å². The number of thiocarbonyl (C=S) groups is 1. The zero-order chi connectivity index (χ0) is 19.7. The fourth-order valence-electron chi connectivity index (χ4n) is 2.45. The fourth-order valence-corrected chi connectivity index (χ4v) is 2.73. The molecule has 0 aliphatic carbocycles. The maximum absolute atomic E-state index is 14.1. The van der Waals surface area contributed by atoms with Gasteiger partial charge >= 0.3 is 5.69 Å². The Morgan fingerprint density at radius 2 is 1.93 bits per heavy atom. The van der Waals surface area contributed by atoms with Gasteiger partial charge in [-0.2, -0.15) is 0 Å². The molecule has 0 bridgehead atoms. The number of nitro benzene ring substituents is 1. The summed E-state index contributed by atoms with van der Waals surface area (Å²) < 4.78 is 14.1. The molecule has 0 aromatic heterocycles. The Hall–Kier alpha value is -3.66. The molecule has 1 aliphatic rings. The van der Waals surface area contributed by atoms with Gasteiger partial charge in [-0.1, -0.05) is 18.2 Å². The minimum Gasteiger partial charge on any atom is -0.502 e. The quantitative estimate of drug-likeness (QED) is 0.275. The third kappa shape index (κ3) is 3.37. The summed E-state index contributed by atoms with van der Waals surface area (Å²) >= 11 is 4.97. The molecular weight excluding hydrogens is 377 g/mol. The van der Waals surface area contributed by atoms with Crippen LogP contribution in [0.15, 0.2) is 48.0 Å². The van der Waals surface area contributed by atoms with Gasteiger partial charge in [0.25, 0.3) is 11.8 Å². The van der Waals surface area contributed by atoms with Gasteiger partial charge in [0.1, 0.15) is 11.4 Å². The highest BCUT2D eigenvalue weighted by Gasteiger charge is 2.35. The van der Waals surface area contributed by atoms with Crippen LogP contribution in [0.25, 0.3) is 6.08 Å². The largest absolute Gasteiger partial charge is 0.502 e. The van der Waals surface area contributed by atoms with Crippen LogP contribution in [0.5, 0.6) is 5.75 Å². The van der Waals surface area contributed by atoms with Crippen LogP contribution in [0.4, 0.5) is 15.8 Å². The smallest absolute Gasteiger partial charge is 0.311 e. The van der Waals surface area contributed by atoms with E-state index in [1.807, 2.05) is 0 Å². The molecule has 2 aromatic rings. The Morgan fingerprint density at radius 1 is 1.22 bits per heavy atom. The van der Waals surface area contributed by atoms with Crippen molar-refractivity contribution < 1.29 is 24.0 Å². The molecule has 2 amide bonds. The first-order valence-electron chi connectivity index (χ1n) is 7.43. The van der Waals surface area contributed by atoms with Crippen molar-refractivity contribution in [2.75, 3.05) is 4.90 Å². The number of carbonyl (C=O) groups is 2. The lowest BCUT2D eigenvalue weighted by molar-refractivity contribution is -0.385. The molecule has 0 spiro atoms. The number of carbonyl (C=O) groups excluding carboxylic acids is 2. The Kier molecular flexibility index (Phi) is 4.65. The van der Waals surface area contributed by atoms with E-state index in [9.17, 15) is 29.2 Å². The summed E-state index contributed by atoms with van der Waals surface area (Å²) in [6.45, 7) is 0. The first-order chi connectivity index (χ1) is 12.8. The number of aromatic hydroxyl groups is 1. The molecule has 8 nitrogen and oxygen atoms in total. The molecule has 0 radical (unpaired) electrons. The van der Waals surface area contributed by atoms with E-state index in [0.29, 0.717) is 0 Å². The van der Waals surface area contributed by atoms with Crippen LogP contribution in [-0.2, 0) is 9.59 Å². The lowest BCUT2D eigenvalue weighted by atomic mass is 10.1. The molecule has 3 rings (SSSR count). The van der Waals surface area contributed by atoms with Crippen molar-refractivity contribution >= 4 is 46.6 Å². The van der Waals surface area contributed by atoms with Gasteiger partial charge in [0, 0.05) is 6.07 Å². The number of hydrogen-bond acceptors (Lipinski definition) is 6. The number of nitrogens with zero attached hydrogens (tertiary/aromatic N) is 2. The number of nitro groups is 1. The second-order valence-electron chi connectivity index (χ2n) is 5.41. The second-order valence-corrected chi connectivity index (χ2v) is 5.80. The topological polar surface area (TPSA) is 113 Å². The first-order valence-corrected chi connectivity index (χ1v) is 7.84. The van der Waals surface area contributed by atoms with E-state index in [4.69, 9.17) is 12.2 Å². The number of hydrogen-bond donors (Lipinski definition) is 2. The first kappa shape index (κ1) is 18.1. The molecule has 27 heavy (non-hydrogen) atoms. The SMILES string of the molecule is O=C1NC(=S)N(c2ccccc2F)C(=O)/C1=C/c1ccc(O)c([N+](=O)[O-])c1. The number of anilines is 1. The average Bonchev–Trinajstić information content (AvgIpc) is 2.61. The van der Waals surface area contributed by atoms with Crippen LogP contribution in [-0.4, -0.2) is 27.0 Å². The molecule has 1 fully saturated rings. The maximum Gasteiger partial charge on any atom is 0.311 e. The predicted octanol–water partition coefficient (Wildman–Crippen LogP) is 2.27. The summed E-state index contributed by atoms with van der Waals surface area (Å²) in [7, 11) is 0. The summed E-state index contributed by atoms with van der Waals surface area (Å²) in [6, 6.07) is 8.74. The van der Waals surface area contributed by atoms with Gasteiger partial charge in [0.05, 0.1) is 10.6 Å². The molecule has 136 valence electrons. The molecule has 10 heteroatoms. The van der Waals surface area contributed by atoms with Crippen molar-refractivity contribution in [3.05, 3.63) is 69.5 Å². The van der Waals surface area contributed by atoms with Gasteiger partial charge < -0.3 is 5.11 Å². The Bertz CT molecular complexity index is 1040. The molecule has 2 N–H and O–H groups in total. The fraction of sp³-hybridized carbons (Fsp3) is 0. The molecule has 0 unspecified atom stereocenters. The Balaban J connectivity index is 2.06.